The number of benzene rings is 1. The SMILES string of the molecule is CCCCC.Oc1ccc(C=Cc2nnc(C(Cl)(Cl)Cl)o2)cc1. The molecule has 126 valence electrons. The van der Waals surface area contributed by atoms with Gasteiger partial charge in [0.1, 0.15) is 5.75 Å². The van der Waals surface area contributed by atoms with Crippen molar-refractivity contribution in [1.82, 2.24) is 10.2 Å². The summed E-state index contributed by atoms with van der Waals surface area (Å²) in [6, 6.07) is 6.61. The van der Waals surface area contributed by atoms with Crippen LogP contribution in [0.3, 0.4) is 0 Å². The average Bonchev–Trinajstić information content (AvgIpc) is 2.97. The second-order valence-corrected chi connectivity index (χ2v) is 7.00. The minimum absolute atomic E-state index is 0.0853. The van der Waals surface area contributed by atoms with Gasteiger partial charge in [-0.05, 0) is 23.8 Å². The molecule has 0 unspecified atom stereocenters. The molecule has 0 bridgehead atoms. The van der Waals surface area contributed by atoms with E-state index in [1.165, 1.54) is 19.3 Å². The maximum absolute atomic E-state index is 9.13. The van der Waals surface area contributed by atoms with Gasteiger partial charge in [0.2, 0.25) is 5.89 Å². The number of phenols is 1. The molecule has 0 saturated carbocycles. The lowest BCUT2D eigenvalue weighted by Crippen LogP contribution is -1.99. The lowest BCUT2D eigenvalue weighted by molar-refractivity contribution is 0.475. The van der Waals surface area contributed by atoms with E-state index >= 15 is 0 Å². The standard InChI is InChI=1S/C11H7Cl3N2O2.C5H12/c12-11(13,14)10-16-15-9(18-10)6-3-7-1-4-8(17)5-2-7;1-3-5-4-2/h1-6,17H;3-5H2,1-2H3. The van der Waals surface area contributed by atoms with Crippen molar-refractivity contribution in [2.45, 2.75) is 36.9 Å². The molecule has 7 heteroatoms. The zero-order chi connectivity index (χ0) is 17.3. The van der Waals surface area contributed by atoms with Crippen molar-refractivity contribution in [1.29, 1.82) is 0 Å². The van der Waals surface area contributed by atoms with E-state index in [-0.39, 0.29) is 17.5 Å². The van der Waals surface area contributed by atoms with Gasteiger partial charge in [-0.25, -0.2) is 0 Å². The number of rotatable bonds is 4. The molecule has 0 saturated heterocycles. The number of aromatic hydroxyl groups is 1. The summed E-state index contributed by atoms with van der Waals surface area (Å²) >= 11 is 16.8. The molecule has 0 aliphatic heterocycles. The smallest absolute Gasteiger partial charge is 0.268 e. The zero-order valence-corrected chi connectivity index (χ0v) is 15.2. The van der Waals surface area contributed by atoms with E-state index < -0.39 is 3.79 Å². The van der Waals surface area contributed by atoms with E-state index in [2.05, 4.69) is 24.0 Å². The van der Waals surface area contributed by atoms with Crippen LogP contribution in [0, 0.1) is 0 Å². The van der Waals surface area contributed by atoms with Crippen molar-refractivity contribution in [2.75, 3.05) is 0 Å². The van der Waals surface area contributed by atoms with Gasteiger partial charge in [0.25, 0.3) is 9.68 Å². The van der Waals surface area contributed by atoms with Gasteiger partial charge in [-0.3, -0.25) is 0 Å². The highest BCUT2D eigenvalue weighted by Gasteiger charge is 2.29. The summed E-state index contributed by atoms with van der Waals surface area (Å²) in [5.41, 5.74) is 0.862. The van der Waals surface area contributed by atoms with Gasteiger partial charge in [-0.15, -0.1) is 10.2 Å². The van der Waals surface area contributed by atoms with Crippen LogP contribution in [0.1, 0.15) is 50.5 Å². The Bertz CT molecular complexity index is 603. The summed E-state index contributed by atoms with van der Waals surface area (Å²) in [6.45, 7) is 4.42. The molecule has 23 heavy (non-hydrogen) atoms. The van der Waals surface area contributed by atoms with Crippen molar-refractivity contribution in [2.24, 2.45) is 0 Å². The van der Waals surface area contributed by atoms with Crippen molar-refractivity contribution in [3.05, 3.63) is 41.6 Å². The Hall–Kier alpha value is -1.23. The number of aromatic nitrogens is 2. The van der Waals surface area contributed by atoms with Crippen LogP contribution in [0.4, 0.5) is 0 Å². The topological polar surface area (TPSA) is 59.2 Å². The Balaban J connectivity index is 0.000000463. The van der Waals surface area contributed by atoms with Gasteiger partial charge >= 0.3 is 0 Å². The maximum Gasteiger partial charge on any atom is 0.268 e. The first-order chi connectivity index (χ1) is 10.9. The van der Waals surface area contributed by atoms with E-state index in [0.717, 1.165) is 5.56 Å². The molecular formula is C16H19Cl3N2O2. The predicted octanol–water partition coefficient (Wildman–Crippen LogP) is 5.97. The number of halogens is 3. The number of unbranched alkanes of at least 4 members (excludes halogenated alkanes) is 2. The molecule has 4 nitrogen and oxygen atoms in total. The van der Waals surface area contributed by atoms with Gasteiger partial charge in [0.05, 0.1) is 0 Å². The number of phenolic OH excluding ortho intramolecular Hbond substituents is 1. The number of nitrogens with zero attached hydrogens (tertiary/aromatic N) is 2. The van der Waals surface area contributed by atoms with Gasteiger partial charge in [0, 0.05) is 6.08 Å². The predicted molar refractivity (Wildman–Crippen MR) is 95.8 cm³/mol. The third-order valence-corrected chi connectivity index (χ3v) is 3.19. The Morgan fingerprint density at radius 2 is 1.65 bits per heavy atom. The molecular weight excluding hydrogens is 359 g/mol. The zero-order valence-electron chi connectivity index (χ0n) is 13.0. The van der Waals surface area contributed by atoms with Crippen molar-refractivity contribution in [3.8, 4) is 5.75 Å². The number of alkyl halides is 3. The Morgan fingerprint density at radius 1 is 1.04 bits per heavy atom. The highest BCUT2D eigenvalue weighted by molar-refractivity contribution is 6.66. The van der Waals surface area contributed by atoms with E-state index in [1.54, 1.807) is 36.4 Å². The fourth-order valence-electron chi connectivity index (χ4n) is 1.52. The molecule has 0 atom stereocenters. The summed E-state index contributed by atoms with van der Waals surface area (Å²) in [5, 5.41) is 16.4. The first-order valence-electron chi connectivity index (χ1n) is 7.24. The molecule has 1 aromatic carbocycles. The van der Waals surface area contributed by atoms with Crippen LogP contribution in [0.5, 0.6) is 5.75 Å². The Labute approximate surface area is 151 Å². The van der Waals surface area contributed by atoms with Crippen molar-refractivity contribution in [3.63, 3.8) is 0 Å². The van der Waals surface area contributed by atoms with E-state index in [4.69, 9.17) is 44.3 Å². The molecule has 1 aromatic heterocycles. The van der Waals surface area contributed by atoms with Gasteiger partial charge in [-0.2, -0.15) is 0 Å². The molecule has 2 aromatic rings. The third kappa shape index (κ3) is 7.73. The van der Waals surface area contributed by atoms with E-state index in [1.807, 2.05) is 0 Å². The highest BCUT2D eigenvalue weighted by Crippen LogP contribution is 2.37. The van der Waals surface area contributed by atoms with Gasteiger partial charge in [0.15, 0.2) is 0 Å². The van der Waals surface area contributed by atoms with Crippen LogP contribution in [-0.2, 0) is 3.79 Å². The summed E-state index contributed by atoms with van der Waals surface area (Å²) in [7, 11) is 0. The second-order valence-electron chi connectivity index (χ2n) is 4.72. The molecule has 2 rings (SSSR count). The van der Waals surface area contributed by atoms with Crippen LogP contribution in [0.25, 0.3) is 12.2 Å². The summed E-state index contributed by atoms with van der Waals surface area (Å²) in [5.74, 6) is 0.339. The van der Waals surface area contributed by atoms with Crippen LogP contribution in [0.2, 0.25) is 0 Å². The van der Waals surface area contributed by atoms with Crippen molar-refractivity contribution >= 4 is 47.0 Å². The summed E-state index contributed by atoms with van der Waals surface area (Å²) < 4.78 is 3.41. The summed E-state index contributed by atoms with van der Waals surface area (Å²) in [6.07, 6.45) is 7.39. The van der Waals surface area contributed by atoms with Crippen molar-refractivity contribution < 1.29 is 9.52 Å². The normalized spacial score (nSPS) is 11.3. The minimum Gasteiger partial charge on any atom is -0.508 e. The van der Waals surface area contributed by atoms with Crippen LogP contribution >= 0.6 is 34.8 Å². The molecule has 0 fully saturated rings. The first-order valence-corrected chi connectivity index (χ1v) is 8.38. The fourth-order valence-corrected chi connectivity index (χ4v) is 1.75. The Morgan fingerprint density at radius 3 is 2.09 bits per heavy atom. The molecule has 0 amide bonds. The van der Waals surface area contributed by atoms with Gasteiger partial charge in [-0.1, -0.05) is 80.0 Å². The molecule has 0 aliphatic carbocycles. The molecule has 1 heterocycles. The van der Waals surface area contributed by atoms with E-state index in [0.29, 0.717) is 0 Å². The second kappa shape index (κ2) is 9.81. The third-order valence-electron chi connectivity index (χ3n) is 2.70. The molecule has 1 N–H and O–H groups in total. The Kier molecular flexibility index (Phi) is 8.45. The average molecular weight is 378 g/mol. The first kappa shape index (κ1) is 19.8. The van der Waals surface area contributed by atoms with Crippen LogP contribution < -0.4 is 0 Å². The molecule has 0 spiro atoms. The highest BCUT2D eigenvalue weighted by atomic mass is 35.6. The quantitative estimate of drug-likeness (QED) is 0.667. The van der Waals surface area contributed by atoms with Crippen LogP contribution in [0.15, 0.2) is 28.7 Å². The molecule has 0 aliphatic rings. The number of hydrogen-bond acceptors (Lipinski definition) is 4. The fraction of sp³-hybridized carbons (Fsp3) is 0.375. The maximum atomic E-state index is 9.13. The minimum atomic E-state index is -1.72. The molecule has 0 radical (unpaired) electrons. The lowest BCUT2D eigenvalue weighted by Gasteiger charge is -2.01. The van der Waals surface area contributed by atoms with Crippen LogP contribution in [-0.4, -0.2) is 15.3 Å². The lowest BCUT2D eigenvalue weighted by atomic mass is 10.2. The van der Waals surface area contributed by atoms with E-state index in [9.17, 15) is 0 Å². The number of hydrogen-bond donors (Lipinski definition) is 1. The largest absolute Gasteiger partial charge is 0.508 e. The van der Waals surface area contributed by atoms with Gasteiger partial charge < -0.3 is 9.52 Å². The monoisotopic (exact) mass is 376 g/mol. The summed E-state index contributed by atoms with van der Waals surface area (Å²) in [4.78, 5) is 0.